The highest BCUT2D eigenvalue weighted by atomic mass is 16.2. The van der Waals surface area contributed by atoms with Crippen LogP contribution in [-0.4, -0.2) is 78.4 Å². The third kappa shape index (κ3) is 6.05. The number of amides is 2. The molecule has 1 N–H and O–H groups in total. The lowest BCUT2D eigenvalue weighted by Crippen LogP contribution is -2.56. The molecule has 3 rings (SSSR count). The summed E-state index contributed by atoms with van der Waals surface area (Å²) in [5, 5.41) is 3.13. The van der Waals surface area contributed by atoms with Gasteiger partial charge >= 0.3 is 0 Å². The van der Waals surface area contributed by atoms with E-state index >= 15 is 0 Å². The highest BCUT2D eigenvalue weighted by Gasteiger charge is 2.30. The van der Waals surface area contributed by atoms with Crippen LogP contribution in [0.25, 0.3) is 0 Å². The number of nitrogens with one attached hydrogen (secondary N) is 1. The highest BCUT2D eigenvalue weighted by molar-refractivity contribution is 5.81. The lowest BCUT2D eigenvalue weighted by atomic mass is 9.92. The molecule has 1 aromatic carbocycles. The zero-order valence-electron chi connectivity index (χ0n) is 19.0. The van der Waals surface area contributed by atoms with Crippen LogP contribution >= 0.6 is 0 Å². The summed E-state index contributed by atoms with van der Waals surface area (Å²) in [5.41, 5.74) is 1.11. The molecule has 6 nitrogen and oxygen atoms in total. The van der Waals surface area contributed by atoms with Gasteiger partial charge in [-0.2, -0.15) is 0 Å². The maximum absolute atomic E-state index is 12.7. The van der Waals surface area contributed by atoms with Crippen molar-refractivity contribution in [1.82, 2.24) is 20.0 Å². The molecule has 2 aliphatic heterocycles. The molecule has 30 heavy (non-hydrogen) atoms. The van der Waals surface area contributed by atoms with Crippen molar-refractivity contribution < 1.29 is 9.59 Å². The molecule has 2 amide bonds. The summed E-state index contributed by atoms with van der Waals surface area (Å²) in [6, 6.07) is 9.87. The largest absolute Gasteiger partial charge is 0.348 e. The number of hydrogen-bond donors (Lipinski definition) is 1. The van der Waals surface area contributed by atoms with Crippen LogP contribution in [0.3, 0.4) is 0 Å². The summed E-state index contributed by atoms with van der Waals surface area (Å²) < 4.78 is 0. The Morgan fingerprint density at radius 2 is 1.60 bits per heavy atom. The molecule has 166 valence electrons. The SMILES string of the molecule is C[C@@H]1C[C@H](C)CN(C(=O)CN2CCN([C@H](C)C(=O)N[C@@H](C)c3ccccc3)CC2)C1. The van der Waals surface area contributed by atoms with Gasteiger partial charge in [-0.3, -0.25) is 19.4 Å². The zero-order chi connectivity index (χ0) is 21.7. The minimum Gasteiger partial charge on any atom is -0.348 e. The Morgan fingerprint density at radius 1 is 1.00 bits per heavy atom. The van der Waals surface area contributed by atoms with Crippen molar-refractivity contribution in [3.8, 4) is 0 Å². The molecular weight excluding hydrogens is 376 g/mol. The Morgan fingerprint density at radius 3 is 2.20 bits per heavy atom. The lowest BCUT2D eigenvalue weighted by Gasteiger charge is -2.39. The first-order chi connectivity index (χ1) is 14.3. The maximum Gasteiger partial charge on any atom is 0.237 e. The molecule has 0 radical (unpaired) electrons. The van der Waals surface area contributed by atoms with E-state index in [0.717, 1.165) is 44.8 Å². The highest BCUT2D eigenvalue weighted by Crippen LogP contribution is 2.21. The number of benzene rings is 1. The zero-order valence-corrected chi connectivity index (χ0v) is 19.0. The molecule has 2 saturated heterocycles. The van der Waals surface area contributed by atoms with Gasteiger partial charge in [0.2, 0.25) is 11.8 Å². The number of hydrogen-bond acceptors (Lipinski definition) is 4. The number of likely N-dealkylation sites (tertiary alicyclic amines) is 1. The van der Waals surface area contributed by atoms with Crippen LogP contribution in [0.5, 0.6) is 0 Å². The molecule has 2 fully saturated rings. The summed E-state index contributed by atoms with van der Waals surface area (Å²) in [7, 11) is 0. The first kappa shape index (κ1) is 22.8. The van der Waals surface area contributed by atoms with Gasteiger partial charge in [0.05, 0.1) is 18.6 Å². The van der Waals surface area contributed by atoms with Crippen LogP contribution in [0.1, 0.15) is 45.7 Å². The number of rotatable bonds is 6. The monoisotopic (exact) mass is 414 g/mol. The Hall–Kier alpha value is -1.92. The van der Waals surface area contributed by atoms with Crippen LogP contribution in [0.15, 0.2) is 30.3 Å². The van der Waals surface area contributed by atoms with Crippen molar-refractivity contribution in [3.05, 3.63) is 35.9 Å². The van der Waals surface area contributed by atoms with Gasteiger partial charge in [-0.05, 0) is 37.7 Å². The molecule has 0 aliphatic carbocycles. The first-order valence-electron chi connectivity index (χ1n) is 11.4. The normalized spacial score (nSPS) is 25.5. The molecule has 1 aromatic rings. The van der Waals surface area contributed by atoms with Crippen molar-refractivity contribution >= 4 is 11.8 Å². The summed E-state index contributed by atoms with van der Waals surface area (Å²) in [5.74, 6) is 1.50. The molecule has 2 aliphatic rings. The van der Waals surface area contributed by atoms with Crippen molar-refractivity contribution in [2.45, 2.75) is 46.2 Å². The van der Waals surface area contributed by atoms with Crippen molar-refractivity contribution in [3.63, 3.8) is 0 Å². The van der Waals surface area contributed by atoms with Gasteiger partial charge in [-0.15, -0.1) is 0 Å². The van der Waals surface area contributed by atoms with Crippen molar-refractivity contribution in [2.75, 3.05) is 45.8 Å². The molecule has 6 heteroatoms. The molecular formula is C24H38N4O2. The number of nitrogens with zero attached hydrogens (tertiary/aromatic N) is 3. The van der Waals surface area contributed by atoms with E-state index in [4.69, 9.17) is 0 Å². The second-order valence-corrected chi connectivity index (χ2v) is 9.37. The van der Waals surface area contributed by atoms with E-state index < -0.39 is 0 Å². The third-order valence-electron chi connectivity index (χ3n) is 6.57. The molecule has 0 saturated carbocycles. The van der Waals surface area contributed by atoms with Crippen LogP contribution < -0.4 is 5.32 Å². The fourth-order valence-corrected chi connectivity index (χ4v) is 4.79. The number of piperazine rings is 1. The predicted octanol–water partition coefficient (Wildman–Crippen LogP) is 2.37. The molecule has 4 atom stereocenters. The van der Waals surface area contributed by atoms with Crippen LogP contribution in [0.4, 0.5) is 0 Å². The van der Waals surface area contributed by atoms with Gasteiger partial charge in [-0.1, -0.05) is 44.2 Å². The second kappa shape index (κ2) is 10.4. The Balaban J connectivity index is 1.43. The average Bonchev–Trinajstić information content (AvgIpc) is 2.73. The number of carbonyl (C=O) groups is 2. The van der Waals surface area contributed by atoms with Gasteiger partial charge in [0.25, 0.3) is 0 Å². The molecule has 0 unspecified atom stereocenters. The van der Waals surface area contributed by atoms with E-state index in [1.165, 1.54) is 6.42 Å². The molecule has 2 heterocycles. The maximum atomic E-state index is 12.7. The summed E-state index contributed by atoms with van der Waals surface area (Å²) >= 11 is 0. The van der Waals surface area contributed by atoms with Gasteiger partial charge in [-0.25, -0.2) is 0 Å². The minimum absolute atomic E-state index is 0.00520. The molecule has 0 aromatic heterocycles. The fraction of sp³-hybridized carbons (Fsp3) is 0.667. The number of carbonyl (C=O) groups excluding carboxylic acids is 2. The van der Waals surface area contributed by atoms with E-state index in [0.29, 0.717) is 18.4 Å². The molecule has 0 spiro atoms. The van der Waals surface area contributed by atoms with Crippen molar-refractivity contribution in [1.29, 1.82) is 0 Å². The topological polar surface area (TPSA) is 55.9 Å². The van der Waals surface area contributed by atoms with E-state index in [1.807, 2.05) is 49.1 Å². The third-order valence-corrected chi connectivity index (χ3v) is 6.57. The van der Waals surface area contributed by atoms with E-state index in [1.54, 1.807) is 0 Å². The minimum atomic E-state index is -0.169. The molecule has 0 bridgehead atoms. The smallest absolute Gasteiger partial charge is 0.237 e. The van der Waals surface area contributed by atoms with E-state index in [2.05, 4.69) is 29.0 Å². The fourth-order valence-electron chi connectivity index (χ4n) is 4.79. The summed E-state index contributed by atoms with van der Waals surface area (Å²) in [6.07, 6.45) is 1.21. The first-order valence-corrected chi connectivity index (χ1v) is 11.4. The quantitative estimate of drug-likeness (QED) is 0.777. The van der Waals surface area contributed by atoms with Crippen molar-refractivity contribution in [2.24, 2.45) is 11.8 Å². The van der Waals surface area contributed by atoms with Crippen LogP contribution in [0.2, 0.25) is 0 Å². The Labute approximate surface area is 181 Å². The average molecular weight is 415 g/mol. The van der Waals surface area contributed by atoms with Gasteiger partial charge in [0.15, 0.2) is 0 Å². The van der Waals surface area contributed by atoms with Crippen LogP contribution in [0, 0.1) is 11.8 Å². The van der Waals surface area contributed by atoms with Gasteiger partial charge < -0.3 is 10.2 Å². The van der Waals surface area contributed by atoms with Gasteiger partial charge in [0, 0.05) is 39.3 Å². The Bertz CT molecular complexity index is 692. The van der Waals surface area contributed by atoms with Crippen LogP contribution in [-0.2, 0) is 9.59 Å². The lowest BCUT2D eigenvalue weighted by molar-refractivity contribution is -0.136. The predicted molar refractivity (Wildman–Crippen MR) is 120 cm³/mol. The number of piperidine rings is 1. The Kier molecular flexibility index (Phi) is 7.89. The second-order valence-electron chi connectivity index (χ2n) is 9.37. The summed E-state index contributed by atoms with van der Waals surface area (Å²) in [4.78, 5) is 32.0. The van der Waals surface area contributed by atoms with E-state index in [-0.39, 0.29) is 23.9 Å². The van der Waals surface area contributed by atoms with Gasteiger partial charge in [0.1, 0.15) is 0 Å². The van der Waals surface area contributed by atoms with E-state index in [9.17, 15) is 9.59 Å². The standard InChI is InChI=1S/C24H38N4O2/c1-18-14-19(2)16-28(15-18)23(29)17-26-10-12-27(13-11-26)21(4)24(30)25-20(3)22-8-6-5-7-9-22/h5-9,18-21H,10-17H2,1-4H3,(H,25,30)/t18-,19+,20-,21+/m0/s1. The summed E-state index contributed by atoms with van der Waals surface area (Å²) in [6.45, 7) is 14.0.